The van der Waals surface area contributed by atoms with E-state index in [2.05, 4.69) is 12.1 Å². The fraction of sp³-hybridized carbons (Fsp3) is 0.385. The average Bonchev–Trinajstić information content (AvgIpc) is 2.29. The summed E-state index contributed by atoms with van der Waals surface area (Å²) in [5.74, 6) is -0.283. The van der Waals surface area contributed by atoms with Crippen molar-refractivity contribution < 1.29 is 9.59 Å². The molecule has 0 fully saturated rings. The topological polar surface area (TPSA) is 34.1 Å². The SMILES string of the molecule is O=CC(=O)CCCCCc1ccccc1. The number of hydrogen-bond acceptors (Lipinski definition) is 2. The lowest BCUT2D eigenvalue weighted by molar-refractivity contribution is -0.129. The van der Waals surface area contributed by atoms with Crippen molar-refractivity contribution in [1.82, 2.24) is 0 Å². The number of benzene rings is 1. The normalized spacial score (nSPS) is 9.87. The molecular formula is C13H16O2. The van der Waals surface area contributed by atoms with E-state index >= 15 is 0 Å². The summed E-state index contributed by atoms with van der Waals surface area (Å²) < 4.78 is 0. The van der Waals surface area contributed by atoms with Crippen molar-refractivity contribution in [3.8, 4) is 0 Å². The minimum Gasteiger partial charge on any atom is -0.295 e. The van der Waals surface area contributed by atoms with Crippen LogP contribution in [0.15, 0.2) is 30.3 Å². The maximum absolute atomic E-state index is 10.7. The summed E-state index contributed by atoms with van der Waals surface area (Å²) in [6.45, 7) is 0. The van der Waals surface area contributed by atoms with Crippen molar-refractivity contribution >= 4 is 12.1 Å². The molecule has 0 amide bonds. The molecule has 1 aromatic rings. The second kappa shape index (κ2) is 6.93. The Morgan fingerprint density at radius 1 is 1.07 bits per heavy atom. The van der Waals surface area contributed by atoms with Crippen LogP contribution in [0.5, 0.6) is 0 Å². The molecule has 0 aliphatic rings. The van der Waals surface area contributed by atoms with E-state index < -0.39 is 0 Å². The quantitative estimate of drug-likeness (QED) is 0.388. The Morgan fingerprint density at radius 3 is 2.47 bits per heavy atom. The van der Waals surface area contributed by atoms with Gasteiger partial charge in [-0.2, -0.15) is 0 Å². The highest BCUT2D eigenvalue weighted by molar-refractivity contribution is 6.24. The van der Waals surface area contributed by atoms with Gasteiger partial charge in [0.15, 0.2) is 12.1 Å². The van der Waals surface area contributed by atoms with Crippen molar-refractivity contribution in [3.05, 3.63) is 35.9 Å². The van der Waals surface area contributed by atoms with Crippen LogP contribution in [-0.2, 0) is 16.0 Å². The smallest absolute Gasteiger partial charge is 0.195 e. The maximum Gasteiger partial charge on any atom is 0.195 e. The molecule has 2 nitrogen and oxygen atoms in total. The van der Waals surface area contributed by atoms with Gasteiger partial charge in [-0.1, -0.05) is 36.8 Å². The number of unbranched alkanes of at least 4 members (excludes halogenated alkanes) is 2. The lowest BCUT2D eigenvalue weighted by Gasteiger charge is -2.00. The first-order valence-corrected chi connectivity index (χ1v) is 5.35. The number of rotatable bonds is 7. The molecule has 0 aliphatic heterocycles. The zero-order chi connectivity index (χ0) is 10.9. The summed E-state index contributed by atoms with van der Waals surface area (Å²) >= 11 is 0. The molecule has 0 saturated carbocycles. The molecule has 0 aromatic heterocycles. The highest BCUT2D eigenvalue weighted by Gasteiger charge is 1.98. The van der Waals surface area contributed by atoms with Crippen LogP contribution in [0.2, 0.25) is 0 Å². The zero-order valence-corrected chi connectivity index (χ0v) is 8.82. The first-order valence-electron chi connectivity index (χ1n) is 5.35. The van der Waals surface area contributed by atoms with Crippen LogP contribution in [0.1, 0.15) is 31.2 Å². The summed E-state index contributed by atoms with van der Waals surface area (Å²) in [6.07, 6.45) is 4.78. The third-order valence-corrected chi connectivity index (χ3v) is 2.36. The number of carbonyl (C=O) groups excluding carboxylic acids is 2. The lowest BCUT2D eigenvalue weighted by Crippen LogP contribution is -1.97. The van der Waals surface area contributed by atoms with E-state index in [4.69, 9.17) is 0 Å². The first kappa shape index (κ1) is 11.6. The summed E-state index contributed by atoms with van der Waals surface area (Å²) in [5.41, 5.74) is 1.33. The highest BCUT2D eigenvalue weighted by atomic mass is 16.2. The van der Waals surface area contributed by atoms with Crippen LogP contribution >= 0.6 is 0 Å². The van der Waals surface area contributed by atoms with Gasteiger partial charge in [0.2, 0.25) is 0 Å². The fourth-order valence-electron chi connectivity index (χ4n) is 1.51. The lowest BCUT2D eigenvalue weighted by atomic mass is 10.1. The Labute approximate surface area is 90.3 Å². The third kappa shape index (κ3) is 5.11. The predicted octanol–water partition coefficient (Wildman–Crippen LogP) is 2.56. The van der Waals surface area contributed by atoms with E-state index in [9.17, 15) is 9.59 Å². The van der Waals surface area contributed by atoms with Gasteiger partial charge in [0.05, 0.1) is 0 Å². The van der Waals surface area contributed by atoms with E-state index in [0.717, 1.165) is 25.7 Å². The van der Waals surface area contributed by atoms with Crippen LogP contribution in [0.4, 0.5) is 0 Å². The van der Waals surface area contributed by atoms with E-state index in [-0.39, 0.29) is 5.78 Å². The largest absolute Gasteiger partial charge is 0.295 e. The second-order valence-corrected chi connectivity index (χ2v) is 3.63. The van der Waals surface area contributed by atoms with Crippen LogP contribution in [0, 0.1) is 0 Å². The molecule has 0 unspecified atom stereocenters. The molecule has 0 radical (unpaired) electrons. The Bertz CT molecular complexity index is 304. The Morgan fingerprint density at radius 2 is 1.80 bits per heavy atom. The van der Waals surface area contributed by atoms with Crippen LogP contribution in [-0.4, -0.2) is 12.1 Å². The number of aryl methyl sites for hydroxylation is 1. The third-order valence-electron chi connectivity index (χ3n) is 2.36. The molecule has 0 aliphatic carbocycles. The monoisotopic (exact) mass is 204 g/mol. The number of aldehydes is 1. The number of hydrogen-bond donors (Lipinski definition) is 0. The van der Waals surface area contributed by atoms with Crippen molar-refractivity contribution in [2.45, 2.75) is 32.1 Å². The molecule has 0 saturated heterocycles. The molecule has 1 aromatic carbocycles. The second-order valence-electron chi connectivity index (χ2n) is 3.63. The first-order chi connectivity index (χ1) is 7.33. The van der Waals surface area contributed by atoms with Gasteiger partial charge >= 0.3 is 0 Å². The molecule has 0 bridgehead atoms. The number of Topliss-reactive ketones (excluding diaryl/α,β-unsaturated/α-hetero) is 1. The number of ketones is 1. The van der Waals surface area contributed by atoms with Gasteiger partial charge in [0.25, 0.3) is 0 Å². The summed E-state index contributed by atoms with van der Waals surface area (Å²) in [4.78, 5) is 20.7. The Balaban J connectivity index is 2.07. The zero-order valence-electron chi connectivity index (χ0n) is 8.82. The van der Waals surface area contributed by atoms with Gasteiger partial charge in [0.1, 0.15) is 0 Å². The molecule has 0 heterocycles. The van der Waals surface area contributed by atoms with Gasteiger partial charge in [0, 0.05) is 6.42 Å². The molecule has 1 rings (SSSR count). The van der Waals surface area contributed by atoms with Gasteiger partial charge < -0.3 is 0 Å². The summed E-state index contributed by atoms with van der Waals surface area (Å²) in [5, 5.41) is 0. The van der Waals surface area contributed by atoms with E-state index in [1.807, 2.05) is 18.2 Å². The highest BCUT2D eigenvalue weighted by Crippen LogP contribution is 2.07. The summed E-state index contributed by atoms with van der Waals surface area (Å²) in [6, 6.07) is 10.3. The minimum atomic E-state index is -0.283. The van der Waals surface area contributed by atoms with Crippen LogP contribution < -0.4 is 0 Å². The molecule has 15 heavy (non-hydrogen) atoms. The van der Waals surface area contributed by atoms with Crippen molar-refractivity contribution in [1.29, 1.82) is 0 Å². The Hall–Kier alpha value is -1.44. The van der Waals surface area contributed by atoms with Crippen molar-refractivity contribution in [3.63, 3.8) is 0 Å². The van der Waals surface area contributed by atoms with Gasteiger partial charge in [-0.15, -0.1) is 0 Å². The molecule has 2 heteroatoms. The van der Waals surface area contributed by atoms with Gasteiger partial charge in [-0.3, -0.25) is 9.59 Å². The van der Waals surface area contributed by atoms with Gasteiger partial charge in [-0.05, 0) is 24.8 Å². The fourth-order valence-corrected chi connectivity index (χ4v) is 1.51. The predicted molar refractivity (Wildman–Crippen MR) is 59.7 cm³/mol. The average molecular weight is 204 g/mol. The molecule has 0 spiro atoms. The Kier molecular flexibility index (Phi) is 5.38. The molecule has 0 atom stereocenters. The minimum absolute atomic E-state index is 0.283. The van der Waals surface area contributed by atoms with E-state index in [1.54, 1.807) is 0 Å². The van der Waals surface area contributed by atoms with E-state index in [0.29, 0.717) is 12.7 Å². The van der Waals surface area contributed by atoms with Crippen LogP contribution in [0.25, 0.3) is 0 Å². The maximum atomic E-state index is 10.7. The molecular weight excluding hydrogens is 188 g/mol. The van der Waals surface area contributed by atoms with E-state index in [1.165, 1.54) is 5.56 Å². The molecule has 0 N–H and O–H groups in total. The summed E-state index contributed by atoms with van der Waals surface area (Å²) in [7, 11) is 0. The number of carbonyl (C=O) groups is 2. The van der Waals surface area contributed by atoms with Crippen molar-refractivity contribution in [2.75, 3.05) is 0 Å². The molecule has 80 valence electrons. The van der Waals surface area contributed by atoms with Crippen LogP contribution in [0.3, 0.4) is 0 Å². The van der Waals surface area contributed by atoms with Crippen molar-refractivity contribution in [2.24, 2.45) is 0 Å². The standard InChI is InChI=1S/C13H16O2/c14-11-13(15)10-6-2-5-9-12-7-3-1-4-8-12/h1,3-4,7-8,11H,2,5-6,9-10H2. The van der Waals surface area contributed by atoms with Gasteiger partial charge in [-0.25, -0.2) is 0 Å².